The molecule has 1 heterocycles. The van der Waals surface area contributed by atoms with E-state index in [1.54, 1.807) is 19.2 Å². The Bertz CT molecular complexity index is 555. The van der Waals surface area contributed by atoms with Crippen LogP contribution in [-0.2, 0) is 7.05 Å². The first kappa shape index (κ1) is 12.8. The number of halogens is 3. The standard InChI is InChI=1S/C11H7Br2ClN2O/c1-16-10(9(14)5-15-16)11(17)6-2-7(12)4-8(13)3-6/h2-5H,1H3. The summed E-state index contributed by atoms with van der Waals surface area (Å²) in [6.45, 7) is 0. The molecule has 0 bridgehead atoms. The molecule has 1 aromatic carbocycles. The van der Waals surface area contributed by atoms with Crippen LogP contribution in [0.5, 0.6) is 0 Å². The zero-order chi connectivity index (χ0) is 12.6. The molecule has 0 aliphatic heterocycles. The summed E-state index contributed by atoms with van der Waals surface area (Å²) in [5.74, 6) is -0.156. The SMILES string of the molecule is Cn1ncc(Cl)c1C(=O)c1cc(Br)cc(Br)c1. The molecule has 2 rings (SSSR count). The molecule has 88 valence electrons. The van der Waals surface area contributed by atoms with Crippen molar-refractivity contribution >= 4 is 49.2 Å². The predicted molar refractivity (Wildman–Crippen MR) is 73.5 cm³/mol. The second-order valence-electron chi connectivity index (χ2n) is 3.45. The summed E-state index contributed by atoms with van der Waals surface area (Å²) in [5, 5.41) is 4.30. The highest BCUT2D eigenvalue weighted by molar-refractivity contribution is 9.11. The van der Waals surface area contributed by atoms with E-state index in [4.69, 9.17) is 11.6 Å². The maximum Gasteiger partial charge on any atom is 0.212 e. The Labute approximate surface area is 120 Å². The first-order valence-electron chi connectivity index (χ1n) is 4.67. The first-order valence-corrected chi connectivity index (χ1v) is 6.63. The molecule has 0 saturated heterocycles. The number of hydrogen-bond donors (Lipinski definition) is 0. The molecule has 3 nitrogen and oxygen atoms in total. The average Bonchev–Trinajstić information content (AvgIpc) is 2.56. The zero-order valence-corrected chi connectivity index (χ0v) is 12.7. The van der Waals surface area contributed by atoms with Crippen LogP contribution in [-0.4, -0.2) is 15.6 Å². The maximum atomic E-state index is 12.3. The molecule has 0 saturated carbocycles. The van der Waals surface area contributed by atoms with Gasteiger partial charge in [0, 0.05) is 21.6 Å². The lowest BCUT2D eigenvalue weighted by atomic mass is 10.1. The third kappa shape index (κ3) is 2.61. The van der Waals surface area contributed by atoms with Crippen molar-refractivity contribution in [3.63, 3.8) is 0 Å². The van der Waals surface area contributed by atoms with Crippen LogP contribution in [0.15, 0.2) is 33.3 Å². The van der Waals surface area contributed by atoms with Gasteiger partial charge in [-0.15, -0.1) is 0 Å². The summed E-state index contributed by atoms with van der Waals surface area (Å²) in [6, 6.07) is 5.36. The van der Waals surface area contributed by atoms with Crippen molar-refractivity contribution in [2.45, 2.75) is 0 Å². The van der Waals surface area contributed by atoms with Gasteiger partial charge in [-0.1, -0.05) is 43.5 Å². The van der Waals surface area contributed by atoms with Gasteiger partial charge in [0.05, 0.1) is 11.2 Å². The highest BCUT2D eigenvalue weighted by Gasteiger charge is 2.18. The quantitative estimate of drug-likeness (QED) is 0.745. The van der Waals surface area contributed by atoms with E-state index in [0.29, 0.717) is 16.3 Å². The van der Waals surface area contributed by atoms with Crippen molar-refractivity contribution in [1.29, 1.82) is 0 Å². The van der Waals surface area contributed by atoms with E-state index in [0.717, 1.165) is 8.95 Å². The van der Waals surface area contributed by atoms with Crippen LogP contribution in [0.4, 0.5) is 0 Å². The maximum absolute atomic E-state index is 12.3. The predicted octanol–water partition coefficient (Wildman–Crippen LogP) is 3.83. The molecule has 0 unspecified atom stereocenters. The number of nitrogens with zero attached hydrogens (tertiary/aromatic N) is 2. The lowest BCUT2D eigenvalue weighted by Gasteiger charge is -2.04. The molecule has 0 aliphatic rings. The highest BCUT2D eigenvalue weighted by Crippen LogP contribution is 2.24. The third-order valence-corrected chi connectivity index (χ3v) is 3.43. The minimum Gasteiger partial charge on any atom is -0.287 e. The number of carbonyl (C=O) groups is 1. The number of hydrogen-bond acceptors (Lipinski definition) is 2. The van der Waals surface area contributed by atoms with Crippen LogP contribution >= 0.6 is 43.5 Å². The van der Waals surface area contributed by atoms with Gasteiger partial charge in [-0.25, -0.2) is 0 Å². The molecular formula is C11H7Br2ClN2O. The third-order valence-electron chi connectivity index (χ3n) is 2.23. The van der Waals surface area contributed by atoms with Gasteiger partial charge >= 0.3 is 0 Å². The van der Waals surface area contributed by atoms with Crippen LogP contribution in [0.25, 0.3) is 0 Å². The lowest BCUT2D eigenvalue weighted by molar-refractivity contribution is 0.103. The number of ketones is 1. The summed E-state index contributed by atoms with van der Waals surface area (Å²) in [7, 11) is 1.69. The first-order chi connectivity index (χ1) is 7.99. The molecule has 0 fully saturated rings. The molecule has 0 amide bonds. The number of aryl methyl sites for hydroxylation is 1. The fourth-order valence-corrected chi connectivity index (χ4v) is 3.03. The molecule has 0 atom stereocenters. The topological polar surface area (TPSA) is 34.9 Å². The number of aromatic nitrogens is 2. The van der Waals surface area contributed by atoms with Gasteiger partial charge in [-0.05, 0) is 18.2 Å². The highest BCUT2D eigenvalue weighted by atomic mass is 79.9. The minimum atomic E-state index is -0.156. The van der Waals surface area contributed by atoms with Gasteiger partial charge < -0.3 is 0 Å². The number of rotatable bonds is 2. The van der Waals surface area contributed by atoms with Crippen molar-refractivity contribution < 1.29 is 4.79 Å². The molecule has 0 spiro atoms. The van der Waals surface area contributed by atoms with Crippen molar-refractivity contribution in [2.75, 3.05) is 0 Å². The second-order valence-corrected chi connectivity index (χ2v) is 5.69. The van der Waals surface area contributed by atoms with Gasteiger partial charge in [-0.2, -0.15) is 5.10 Å². The molecule has 1 aromatic heterocycles. The fraction of sp³-hybridized carbons (Fsp3) is 0.0909. The van der Waals surface area contributed by atoms with Crippen molar-refractivity contribution in [1.82, 2.24) is 9.78 Å². The average molecular weight is 378 g/mol. The Morgan fingerprint density at radius 1 is 1.29 bits per heavy atom. The lowest BCUT2D eigenvalue weighted by Crippen LogP contribution is -2.08. The molecular weight excluding hydrogens is 371 g/mol. The molecule has 6 heteroatoms. The van der Waals surface area contributed by atoms with Crippen LogP contribution < -0.4 is 0 Å². The van der Waals surface area contributed by atoms with E-state index < -0.39 is 0 Å². The van der Waals surface area contributed by atoms with Crippen LogP contribution in [0.3, 0.4) is 0 Å². The Hall–Kier alpha value is -0.650. The van der Waals surface area contributed by atoms with E-state index in [1.165, 1.54) is 10.9 Å². The van der Waals surface area contributed by atoms with Crippen LogP contribution in [0, 0.1) is 0 Å². The Morgan fingerprint density at radius 2 is 1.88 bits per heavy atom. The summed E-state index contributed by atoms with van der Waals surface area (Å²) >= 11 is 12.6. The van der Waals surface area contributed by atoms with Crippen LogP contribution in [0.1, 0.15) is 16.1 Å². The Kier molecular flexibility index (Phi) is 3.70. The largest absolute Gasteiger partial charge is 0.287 e. The van der Waals surface area contributed by atoms with Crippen LogP contribution in [0.2, 0.25) is 5.02 Å². The van der Waals surface area contributed by atoms with Gasteiger partial charge in [0.15, 0.2) is 0 Å². The van der Waals surface area contributed by atoms with Crippen molar-refractivity contribution in [2.24, 2.45) is 7.05 Å². The normalized spacial score (nSPS) is 10.6. The Balaban J connectivity index is 2.51. The van der Waals surface area contributed by atoms with E-state index in [2.05, 4.69) is 37.0 Å². The second kappa shape index (κ2) is 4.92. The smallest absolute Gasteiger partial charge is 0.212 e. The molecule has 0 aliphatic carbocycles. The van der Waals surface area contributed by atoms with E-state index in [-0.39, 0.29) is 5.78 Å². The van der Waals surface area contributed by atoms with E-state index >= 15 is 0 Å². The fourth-order valence-electron chi connectivity index (χ4n) is 1.49. The number of carbonyl (C=O) groups excluding carboxylic acids is 1. The molecule has 0 radical (unpaired) electrons. The van der Waals surface area contributed by atoms with Gasteiger partial charge in [-0.3, -0.25) is 9.48 Å². The summed E-state index contributed by atoms with van der Waals surface area (Å²) < 4.78 is 3.13. The summed E-state index contributed by atoms with van der Waals surface area (Å²) in [5.41, 5.74) is 0.938. The minimum absolute atomic E-state index is 0.156. The monoisotopic (exact) mass is 376 g/mol. The molecule has 17 heavy (non-hydrogen) atoms. The molecule has 0 N–H and O–H groups in total. The van der Waals surface area contributed by atoms with E-state index in [9.17, 15) is 4.79 Å². The van der Waals surface area contributed by atoms with Gasteiger partial charge in [0.25, 0.3) is 0 Å². The van der Waals surface area contributed by atoms with Crippen molar-refractivity contribution in [3.05, 3.63) is 49.6 Å². The van der Waals surface area contributed by atoms with Gasteiger partial charge in [0.2, 0.25) is 5.78 Å². The van der Waals surface area contributed by atoms with E-state index in [1.807, 2.05) is 6.07 Å². The Morgan fingerprint density at radius 3 is 2.35 bits per heavy atom. The summed E-state index contributed by atoms with van der Waals surface area (Å²) in [6.07, 6.45) is 1.46. The van der Waals surface area contributed by atoms with Gasteiger partial charge in [0.1, 0.15) is 5.69 Å². The van der Waals surface area contributed by atoms with Crippen molar-refractivity contribution in [3.8, 4) is 0 Å². The molecule has 2 aromatic rings. The zero-order valence-electron chi connectivity index (χ0n) is 8.75. The number of benzene rings is 1. The summed E-state index contributed by atoms with van der Waals surface area (Å²) in [4.78, 5) is 12.3.